The number of anilines is 1. The summed E-state index contributed by atoms with van der Waals surface area (Å²) in [6.07, 6.45) is 7.16. The second-order valence-corrected chi connectivity index (χ2v) is 5.92. The van der Waals surface area contributed by atoms with Crippen LogP contribution in [0.1, 0.15) is 15.9 Å². The lowest BCUT2D eigenvalue weighted by Crippen LogP contribution is -2.03. The molecular formula is C20H17N5O2. The van der Waals surface area contributed by atoms with Gasteiger partial charge in [-0.2, -0.15) is 5.10 Å². The molecule has 0 unspecified atom stereocenters. The number of esters is 1. The van der Waals surface area contributed by atoms with Crippen LogP contribution in [0, 0.1) is 0 Å². The van der Waals surface area contributed by atoms with Gasteiger partial charge in [-0.25, -0.2) is 14.3 Å². The minimum Gasteiger partial charge on any atom is -0.465 e. The first kappa shape index (κ1) is 16.7. The van der Waals surface area contributed by atoms with Crippen LogP contribution in [0.5, 0.6) is 0 Å². The molecular weight excluding hydrogens is 342 g/mol. The standard InChI is InChI=1S/C20H17N5O2/c1-27-20(26)16-4-2-15(3-5-16)17-13-23-25-11-8-18(24-19(17)25)22-12-14-6-9-21-10-7-14/h2-11,13H,12H2,1H3,(H,22,24). The second kappa shape index (κ2) is 7.25. The van der Waals surface area contributed by atoms with E-state index in [1.165, 1.54) is 7.11 Å². The molecule has 0 aliphatic rings. The maximum atomic E-state index is 11.6. The van der Waals surface area contributed by atoms with Crippen molar-refractivity contribution in [1.29, 1.82) is 0 Å². The van der Waals surface area contributed by atoms with Crippen LogP contribution < -0.4 is 5.32 Å². The molecule has 7 heteroatoms. The highest BCUT2D eigenvalue weighted by atomic mass is 16.5. The maximum absolute atomic E-state index is 11.6. The Morgan fingerprint density at radius 2 is 1.89 bits per heavy atom. The van der Waals surface area contributed by atoms with Crippen LogP contribution in [0.25, 0.3) is 16.8 Å². The van der Waals surface area contributed by atoms with Crippen molar-refractivity contribution < 1.29 is 9.53 Å². The van der Waals surface area contributed by atoms with Gasteiger partial charge in [0.05, 0.1) is 18.9 Å². The summed E-state index contributed by atoms with van der Waals surface area (Å²) in [6.45, 7) is 0.656. The number of pyridine rings is 1. The number of nitrogens with one attached hydrogen (secondary N) is 1. The third-order valence-corrected chi connectivity index (χ3v) is 4.21. The van der Waals surface area contributed by atoms with Gasteiger partial charge in [0, 0.05) is 30.7 Å². The number of hydrogen-bond acceptors (Lipinski definition) is 6. The molecule has 0 atom stereocenters. The van der Waals surface area contributed by atoms with E-state index < -0.39 is 0 Å². The average molecular weight is 359 g/mol. The molecule has 134 valence electrons. The molecule has 1 N–H and O–H groups in total. The van der Waals surface area contributed by atoms with Crippen molar-refractivity contribution in [3.05, 3.63) is 78.4 Å². The largest absolute Gasteiger partial charge is 0.465 e. The number of methoxy groups -OCH3 is 1. The van der Waals surface area contributed by atoms with Gasteiger partial charge in [-0.15, -0.1) is 0 Å². The van der Waals surface area contributed by atoms with Crippen LogP contribution in [0.15, 0.2) is 67.3 Å². The van der Waals surface area contributed by atoms with Crippen LogP contribution in [-0.4, -0.2) is 32.7 Å². The number of rotatable bonds is 5. The molecule has 0 fully saturated rings. The van der Waals surface area contributed by atoms with Crippen LogP contribution >= 0.6 is 0 Å². The van der Waals surface area contributed by atoms with E-state index in [-0.39, 0.29) is 5.97 Å². The summed E-state index contributed by atoms with van der Waals surface area (Å²) >= 11 is 0. The Morgan fingerprint density at radius 3 is 2.63 bits per heavy atom. The van der Waals surface area contributed by atoms with E-state index >= 15 is 0 Å². The van der Waals surface area contributed by atoms with Crippen molar-refractivity contribution in [2.24, 2.45) is 0 Å². The van der Waals surface area contributed by atoms with Crippen molar-refractivity contribution >= 4 is 17.4 Å². The Morgan fingerprint density at radius 1 is 1.11 bits per heavy atom. The van der Waals surface area contributed by atoms with Crippen LogP contribution in [0.4, 0.5) is 5.82 Å². The molecule has 0 radical (unpaired) electrons. The number of benzene rings is 1. The van der Waals surface area contributed by atoms with E-state index in [0.717, 1.165) is 28.2 Å². The Balaban J connectivity index is 1.61. The minimum absolute atomic E-state index is 0.359. The molecule has 7 nitrogen and oxygen atoms in total. The van der Waals surface area contributed by atoms with Crippen molar-refractivity contribution in [3.63, 3.8) is 0 Å². The highest BCUT2D eigenvalue weighted by molar-refractivity contribution is 5.90. The lowest BCUT2D eigenvalue weighted by Gasteiger charge is -2.07. The van der Waals surface area contributed by atoms with Crippen molar-refractivity contribution in [1.82, 2.24) is 19.6 Å². The molecule has 4 aromatic rings. The molecule has 3 heterocycles. The van der Waals surface area contributed by atoms with Crippen molar-refractivity contribution in [3.8, 4) is 11.1 Å². The fraction of sp³-hybridized carbons (Fsp3) is 0.100. The molecule has 0 aliphatic heterocycles. The summed E-state index contributed by atoms with van der Waals surface area (Å²) in [5, 5.41) is 7.67. The first-order chi connectivity index (χ1) is 13.2. The third kappa shape index (κ3) is 3.48. The summed E-state index contributed by atoms with van der Waals surface area (Å²) in [4.78, 5) is 20.3. The van der Waals surface area contributed by atoms with Gasteiger partial charge in [-0.1, -0.05) is 12.1 Å². The fourth-order valence-corrected chi connectivity index (χ4v) is 2.77. The highest BCUT2D eigenvalue weighted by Gasteiger charge is 2.11. The highest BCUT2D eigenvalue weighted by Crippen LogP contribution is 2.24. The Hall–Kier alpha value is -3.74. The number of ether oxygens (including phenoxy) is 1. The van der Waals surface area contributed by atoms with Crippen LogP contribution in [0.2, 0.25) is 0 Å². The van der Waals surface area contributed by atoms with Gasteiger partial charge in [0.1, 0.15) is 5.82 Å². The van der Waals surface area contributed by atoms with Gasteiger partial charge < -0.3 is 10.1 Å². The predicted octanol–water partition coefficient (Wildman–Crippen LogP) is 3.19. The molecule has 0 spiro atoms. The number of carbonyl (C=O) groups is 1. The number of fused-ring (bicyclic) bond motifs is 1. The normalized spacial score (nSPS) is 10.7. The number of nitrogens with zero attached hydrogens (tertiary/aromatic N) is 4. The summed E-state index contributed by atoms with van der Waals surface area (Å²) in [7, 11) is 1.37. The zero-order valence-corrected chi connectivity index (χ0v) is 14.7. The summed E-state index contributed by atoms with van der Waals surface area (Å²) < 4.78 is 6.46. The van der Waals surface area contributed by atoms with Gasteiger partial charge in [-0.05, 0) is 41.5 Å². The zero-order chi connectivity index (χ0) is 18.6. The summed E-state index contributed by atoms with van der Waals surface area (Å²) in [5.74, 6) is 0.398. The lowest BCUT2D eigenvalue weighted by molar-refractivity contribution is 0.0601. The van der Waals surface area contributed by atoms with E-state index in [0.29, 0.717) is 12.1 Å². The maximum Gasteiger partial charge on any atom is 0.337 e. The van der Waals surface area contributed by atoms with Gasteiger partial charge in [0.15, 0.2) is 5.65 Å². The van der Waals surface area contributed by atoms with Crippen molar-refractivity contribution in [2.45, 2.75) is 6.54 Å². The van der Waals surface area contributed by atoms with Crippen LogP contribution in [-0.2, 0) is 11.3 Å². The molecule has 4 rings (SSSR count). The van der Waals surface area contributed by atoms with E-state index in [1.54, 1.807) is 35.2 Å². The van der Waals surface area contributed by atoms with E-state index in [4.69, 9.17) is 4.74 Å². The molecule has 0 aliphatic carbocycles. The molecule has 0 saturated heterocycles. The Kier molecular flexibility index (Phi) is 4.49. The van der Waals surface area contributed by atoms with Crippen molar-refractivity contribution in [2.75, 3.05) is 12.4 Å². The van der Waals surface area contributed by atoms with Gasteiger partial charge in [0.25, 0.3) is 0 Å². The molecule has 1 aromatic carbocycles. The molecule has 0 saturated carbocycles. The van der Waals surface area contributed by atoms with E-state index in [9.17, 15) is 4.79 Å². The number of hydrogen-bond donors (Lipinski definition) is 1. The van der Waals surface area contributed by atoms with E-state index in [2.05, 4.69) is 20.4 Å². The van der Waals surface area contributed by atoms with Gasteiger partial charge >= 0.3 is 5.97 Å². The van der Waals surface area contributed by atoms with E-state index in [1.807, 2.05) is 36.5 Å². The smallest absolute Gasteiger partial charge is 0.337 e. The van der Waals surface area contributed by atoms with Crippen LogP contribution in [0.3, 0.4) is 0 Å². The Labute approximate surface area is 155 Å². The quantitative estimate of drug-likeness (QED) is 0.551. The molecule has 3 aromatic heterocycles. The molecule has 0 amide bonds. The monoisotopic (exact) mass is 359 g/mol. The zero-order valence-electron chi connectivity index (χ0n) is 14.7. The first-order valence-electron chi connectivity index (χ1n) is 8.40. The molecule has 27 heavy (non-hydrogen) atoms. The van der Waals surface area contributed by atoms with Gasteiger partial charge in [0.2, 0.25) is 0 Å². The minimum atomic E-state index is -0.359. The Bertz CT molecular complexity index is 1070. The topological polar surface area (TPSA) is 81.4 Å². The molecule has 0 bridgehead atoms. The van der Waals surface area contributed by atoms with Gasteiger partial charge in [-0.3, -0.25) is 4.98 Å². The summed E-state index contributed by atoms with van der Waals surface area (Å²) in [6, 6.07) is 13.0. The fourth-order valence-electron chi connectivity index (χ4n) is 2.77. The lowest BCUT2D eigenvalue weighted by atomic mass is 10.1. The predicted molar refractivity (Wildman–Crippen MR) is 101 cm³/mol. The first-order valence-corrected chi connectivity index (χ1v) is 8.40. The second-order valence-electron chi connectivity index (χ2n) is 5.92. The average Bonchev–Trinajstić information content (AvgIpc) is 3.16. The SMILES string of the molecule is COC(=O)c1ccc(-c2cnn3ccc(NCc4ccncc4)nc23)cc1. The third-order valence-electron chi connectivity index (χ3n) is 4.21. The number of aromatic nitrogens is 4. The summed E-state index contributed by atoms with van der Waals surface area (Å²) in [5.41, 5.74) is 4.18. The number of carbonyl (C=O) groups excluding carboxylic acids is 1.